The molecule has 5 heteroatoms. The van der Waals surface area contributed by atoms with Crippen LogP contribution < -0.4 is 5.32 Å². The topological polar surface area (TPSA) is 65.8 Å². The largest absolute Gasteiger partial charge is 0.312 e. The number of carbonyl (C=O) groups is 1. The lowest BCUT2D eigenvalue weighted by atomic mass is 9.99. The van der Waals surface area contributed by atoms with E-state index in [0.717, 1.165) is 38.2 Å². The SMILES string of the molecule is Cc1ccc(-c2cc(C(=O)Nc3sc(C)c(C)c3C#N)c3ccccc3n2)c(C)c1. The van der Waals surface area contributed by atoms with Gasteiger partial charge in [0.15, 0.2) is 0 Å². The minimum Gasteiger partial charge on any atom is -0.312 e. The van der Waals surface area contributed by atoms with Crippen LogP contribution in [0.25, 0.3) is 22.2 Å². The highest BCUT2D eigenvalue weighted by atomic mass is 32.1. The Labute approximate surface area is 179 Å². The Balaban J connectivity index is 1.85. The van der Waals surface area contributed by atoms with E-state index in [0.29, 0.717) is 16.1 Å². The van der Waals surface area contributed by atoms with E-state index in [1.165, 1.54) is 16.9 Å². The smallest absolute Gasteiger partial charge is 0.257 e. The van der Waals surface area contributed by atoms with E-state index in [4.69, 9.17) is 4.98 Å². The number of hydrogen-bond acceptors (Lipinski definition) is 4. The van der Waals surface area contributed by atoms with Crippen molar-refractivity contribution in [3.05, 3.63) is 81.2 Å². The van der Waals surface area contributed by atoms with E-state index in [2.05, 4.69) is 37.4 Å². The number of para-hydroxylation sites is 1. The number of thiophene rings is 1. The van der Waals surface area contributed by atoms with Gasteiger partial charge in [0.2, 0.25) is 0 Å². The van der Waals surface area contributed by atoms with Crippen molar-refractivity contribution < 1.29 is 4.79 Å². The number of rotatable bonds is 3. The molecular weight excluding hydrogens is 390 g/mol. The molecule has 1 amide bonds. The Bertz CT molecular complexity index is 1340. The molecule has 0 saturated carbocycles. The molecule has 0 atom stereocenters. The summed E-state index contributed by atoms with van der Waals surface area (Å²) in [4.78, 5) is 19.1. The minimum atomic E-state index is -0.239. The number of anilines is 1. The maximum atomic E-state index is 13.3. The fraction of sp³-hybridized carbons (Fsp3) is 0.160. The van der Waals surface area contributed by atoms with Crippen molar-refractivity contribution in [2.24, 2.45) is 0 Å². The van der Waals surface area contributed by atoms with Crippen molar-refractivity contribution in [3.63, 3.8) is 0 Å². The first kappa shape index (κ1) is 19.8. The zero-order valence-corrected chi connectivity index (χ0v) is 18.1. The fourth-order valence-corrected chi connectivity index (χ4v) is 4.63. The highest BCUT2D eigenvalue weighted by Gasteiger charge is 2.19. The molecule has 0 saturated heterocycles. The molecule has 0 bridgehead atoms. The molecule has 0 aliphatic rings. The van der Waals surface area contributed by atoms with E-state index in [-0.39, 0.29) is 5.91 Å². The van der Waals surface area contributed by atoms with Crippen LogP contribution in [0, 0.1) is 39.0 Å². The van der Waals surface area contributed by atoms with Gasteiger partial charge in [-0.25, -0.2) is 4.98 Å². The molecule has 0 spiro atoms. The van der Waals surface area contributed by atoms with Crippen LogP contribution in [0.5, 0.6) is 0 Å². The highest BCUT2D eigenvalue weighted by molar-refractivity contribution is 7.16. The number of benzene rings is 2. The summed E-state index contributed by atoms with van der Waals surface area (Å²) in [5.74, 6) is -0.239. The molecule has 1 N–H and O–H groups in total. The average molecular weight is 412 g/mol. The van der Waals surface area contributed by atoms with Crippen molar-refractivity contribution in [3.8, 4) is 17.3 Å². The first-order valence-corrected chi connectivity index (χ1v) is 10.5. The molecule has 2 aromatic carbocycles. The predicted molar refractivity (Wildman–Crippen MR) is 123 cm³/mol. The molecule has 0 radical (unpaired) electrons. The molecular formula is C25H21N3OS. The van der Waals surface area contributed by atoms with Crippen molar-refractivity contribution in [1.82, 2.24) is 4.98 Å². The summed E-state index contributed by atoms with van der Waals surface area (Å²) in [6, 6.07) is 17.9. The van der Waals surface area contributed by atoms with Gasteiger partial charge < -0.3 is 5.32 Å². The molecule has 30 heavy (non-hydrogen) atoms. The van der Waals surface area contributed by atoms with Crippen molar-refractivity contribution in [2.75, 3.05) is 5.32 Å². The second-order valence-electron chi connectivity index (χ2n) is 7.44. The normalized spacial score (nSPS) is 10.8. The second-order valence-corrected chi connectivity index (χ2v) is 8.67. The first-order valence-electron chi connectivity index (χ1n) is 9.68. The Morgan fingerprint density at radius 1 is 1.07 bits per heavy atom. The van der Waals surface area contributed by atoms with Gasteiger partial charge in [-0.2, -0.15) is 5.26 Å². The summed E-state index contributed by atoms with van der Waals surface area (Å²) < 4.78 is 0. The summed E-state index contributed by atoms with van der Waals surface area (Å²) in [6.45, 7) is 7.97. The molecule has 0 aliphatic carbocycles. The zero-order chi connectivity index (χ0) is 21.4. The van der Waals surface area contributed by atoms with Crippen LogP contribution in [-0.2, 0) is 0 Å². The summed E-state index contributed by atoms with van der Waals surface area (Å²) in [5, 5.41) is 13.8. The Morgan fingerprint density at radius 2 is 1.83 bits per heavy atom. The Morgan fingerprint density at radius 3 is 2.57 bits per heavy atom. The number of nitrogens with one attached hydrogen (secondary N) is 1. The van der Waals surface area contributed by atoms with Crippen LogP contribution in [0.1, 0.15) is 37.5 Å². The standard InChI is InChI=1S/C25H21N3OS/c1-14-9-10-18(15(2)11-14)23-12-20(19-7-5-6-8-22(19)27-23)24(29)28-25-21(13-26)16(3)17(4)30-25/h5-12H,1-4H3,(H,28,29). The Hall–Kier alpha value is -3.49. The van der Waals surface area contributed by atoms with Gasteiger partial charge in [-0.3, -0.25) is 4.79 Å². The maximum absolute atomic E-state index is 13.3. The predicted octanol–water partition coefficient (Wildman–Crippen LogP) is 6.32. The Kier molecular flexibility index (Phi) is 5.11. The number of aryl methyl sites for hydroxylation is 3. The zero-order valence-electron chi connectivity index (χ0n) is 17.3. The van der Waals surface area contributed by atoms with Crippen LogP contribution in [0.15, 0.2) is 48.5 Å². The molecule has 4 nitrogen and oxygen atoms in total. The molecule has 148 valence electrons. The number of nitriles is 1. The van der Waals surface area contributed by atoms with Crippen molar-refractivity contribution in [2.45, 2.75) is 27.7 Å². The van der Waals surface area contributed by atoms with E-state index >= 15 is 0 Å². The number of amides is 1. The van der Waals surface area contributed by atoms with Gasteiger partial charge in [-0.1, -0.05) is 42.0 Å². The lowest BCUT2D eigenvalue weighted by Gasteiger charge is -2.12. The monoisotopic (exact) mass is 411 g/mol. The molecule has 2 heterocycles. The van der Waals surface area contributed by atoms with Gasteiger partial charge in [0.25, 0.3) is 5.91 Å². The van der Waals surface area contributed by atoms with Gasteiger partial charge in [0.05, 0.1) is 22.3 Å². The number of pyridine rings is 1. The van der Waals surface area contributed by atoms with Crippen LogP contribution in [0.2, 0.25) is 0 Å². The molecule has 0 fully saturated rings. The minimum absolute atomic E-state index is 0.239. The lowest BCUT2D eigenvalue weighted by Crippen LogP contribution is -2.13. The van der Waals surface area contributed by atoms with Crippen molar-refractivity contribution in [1.29, 1.82) is 5.26 Å². The van der Waals surface area contributed by atoms with E-state index in [9.17, 15) is 10.1 Å². The van der Waals surface area contributed by atoms with Gasteiger partial charge in [-0.15, -0.1) is 11.3 Å². The van der Waals surface area contributed by atoms with E-state index < -0.39 is 0 Å². The van der Waals surface area contributed by atoms with Crippen LogP contribution in [0.3, 0.4) is 0 Å². The third-order valence-electron chi connectivity index (χ3n) is 5.34. The van der Waals surface area contributed by atoms with Crippen LogP contribution in [0.4, 0.5) is 5.00 Å². The summed E-state index contributed by atoms with van der Waals surface area (Å²) in [7, 11) is 0. The molecule has 0 unspecified atom stereocenters. The third kappa shape index (κ3) is 3.47. The van der Waals surface area contributed by atoms with E-state index in [1.54, 1.807) is 0 Å². The third-order valence-corrected chi connectivity index (χ3v) is 6.47. The average Bonchev–Trinajstić information content (AvgIpc) is 2.99. The maximum Gasteiger partial charge on any atom is 0.257 e. The quantitative estimate of drug-likeness (QED) is 0.429. The first-order chi connectivity index (χ1) is 14.4. The molecule has 2 aromatic heterocycles. The van der Waals surface area contributed by atoms with Gasteiger partial charge >= 0.3 is 0 Å². The van der Waals surface area contributed by atoms with Gasteiger partial charge in [0, 0.05) is 15.8 Å². The van der Waals surface area contributed by atoms with Gasteiger partial charge in [0.1, 0.15) is 11.1 Å². The van der Waals surface area contributed by atoms with Crippen molar-refractivity contribution >= 4 is 33.1 Å². The fourth-order valence-electron chi connectivity index (χ4n) is 3.62. The van der Waals surface area contributed by atoms with Crippen LogP contribution in [-0.4, -0.2) is 10.9 Å². The summed E-state index contributed by atoms with van der Waals surface area (Å²) >= 11 is 1.43. The highest BCUT2D eigenvalue weighted by Crippen LogP contribution is 2.33. The number of hydrogen-bond donors (Lipinski definition) is 1. The number of carbonyl (C=O) groups excluding carboxylic acids is 1. The van der Waals surface area contributed by atoms with Crippen LogP contribution >= 0.6 is 11.3 Å². The summed E-state index contributed by atoms with van der Waals surface area (Å²) in [5.41, 5.74) is 6.80. The second kappa shape index (κ2) is 7.74. The van der Waals surface area contributed by atoms with Gasteiger partial charge in [-0.05, 0) is 51.0 Å². The number of fused-ring (bicyclic) bond motifs is 1. The molecule has 0 aliphatic heterocycles. The molecule has 4 aromatic rings. The lowest BCUT2D eigenvalue weighted by molar-refractivity contribution is 0.102. The summed E-state index contributed by atoms with van der Waals surface area (Å²) in [6.07, 6.45) is 0. The number of nitrogens with zero attached hydrogens (tertiary/aromatic N) is 2. The number of aromatic nitrogens is 1. The molecule has 4 rings (SSSR count). The van der Waals surface area contributed by atoms with E-state index in [1.807, 2.05) is 50.2 Å².